The monoisotopic (exact) mass is 407 g/mol. The molecular formula is C21H33N3O3S. The second-order valence-corrected chi connectivity index (χ2v) is 8.62. The Bertz CT molecular complexity index is 606. The van der Waals surface area contributed by atoms with E-state index in [9.17, 15) is 9.59 Å². The first-order chi connectivity index (χ1) is 13.5. The van der Waals surface area contributed by atoms with Gasteiger partial charge in [-0.05, 0) is 24.8 Å². The van der Waals surface area contributed by atoms with E-state index in [2.05, 4.69) is 29.4 Å². The fourth-order valence-electron chi connectivity index (χ4n) is 3.42. The molecule has 0 spiro atoms. The highest BCUT2D eigenvalue weighted by Crippen LogP contribution is 2.24. The zero-order chi connectivity index (χ0) is 20.4. The van der Waals surface area contributed by atoms with Gasteiger partial charge < -0.3 is 15.4 Å². The number of rotatable bonds is 9. The fourth-order valence-corrected chi connectivity index (χ4v) is 4.35. The molecule has 1 aromatic rings. The van der Waals surface area contributed by atoms with Crippen LogP contribution in [-0.4, -0.2) is 60.7 Å². The van der Waals surface area contributed by atoms with Crippen molar-refractivity contribution >= 4 is 23.8 Å². The minimum Gasteiger partial charge on any atom is -0.450 e. The van der Waals surface area contributed by atoms with Crippen LogP contribution in [0.4, 0.5) is 4.79 Å². The third-order valence-electron chi connectivity index (χ3n) is 4.65. The number of amides is 2. The quantitative estimate of drug-likeness (QED) is 0.658. The van der Waals surface area contributed by atoms with Gasteiger partial charge in [-0.15, -0.1) is 0 Å². The standard InChI is InChI=1S/C21H33N3O3S/c1-4-27-21(26)23-18(14-16(2)3)15-22-20(25)19(17-8-6-5-7-9-17)24-10-12-28-13-11-24/h5-9,16,18-19H,4,10-15H2,1-3H3,(H,22,25)(H,23,26)/t18-,19-/m0/s1. The van der Waals surface area contributed by atoms with Crippen molar-refractivity contribution in [1.82, 2.24) is 15.5 Å². The molecule has 2 atom stereocenters. The van der Waals surface area contributed by atoms with Crippen LogP contribution in [0.5, 0.6) is 0 Å². The number of carbonyl (C=O) groups excluding carboxylic acids is 2. The molecule has 1 aliphatic heterocycles. The Kier molecular flexibility index (Phi) is 9.64. The van der Waals surface area contributed by atoms with Crippen molar-refractivity contribution < 1.29 is 14.3 Å². The van der Waals surface area contributed by atoms with Crippen molar-refractivity contribution in [2.75, 3.05) is 37.7 Å². The van der Waals surface area contributed by atoms with E-state index in [0.717, 1.165) is 36.6 Å². The molecule has 1 aliphatic rings. The molecule has 0 radical (unpaired) electrons. The Morgan fingerprint density at radius 1 is 1.18 bits per heavy atom. The molecule has 6 nitrogen and oxygen atoms in total. The second-order valence-electron chi connectivity index (χ2n) is 7.40. The molecule has 0 bridgehead atoms. The van der Waals surface area contributed by atoms with Gasteiger partial charge in [-0.1, -0.05) is 44.2 Å². The number of alkyl carbamates (subject to hydrolysis) is 1. The van der Waals surface area contributed by atoms with Crippen LogP contribution in [0.2, 0.25) is 0 Å². The van der Waals surface area contributed by atoms with Crippen LogP contribution in [0.1, 0.15) is 38.8 Å². The van der Waals surface area contributed by atoms with E-state index < -0.39 is 6.09 Å². The lowest BCUT2D eigenvalue weighted by Gasteiger charge is -2.34. The first kappa shape index (κ1) is 22.6. The van der Waals surface area contributed by atoms with Crippen LogP contribution in [0.15, 0.2) is 30.3 Å². The van der Waals surface area contributed by atoms with Gasteiger partial charge in [0, 0.05) is 37.2 Å². The number of nitrogens with zero attached hydrogens (tertiary/aromatic N) is 1. The average molecular weight is 408 g/mol. The van der Waals surface area contributed by atoms with E-state index in [-0.39, 0.29) is 18.0 Å². The number of benzene rings is 1. The smallest absolute Gasteiger partial charge is 0.407 e. The van der Waals surface area contributed by atoms with Gasteiger partial charge in [-0.2, -0.15) is 11.8 Å². The maximum Gasteiger partial charge on any atom is 0.407 e. The predicted octanol–water partition coefficient (Wildman–Crippen LogP) is 3.05. The molecule has 2 N–H and O–H groups in total. The van der Waals surface area contributed by atoms with Gasteiger partial charge in [0.2, 0.25) is 5.91 Å². The molecule has 2 rings (SSSR count). The largest absolute Gasteiger partial charge is 0.450 e. The van der Waals surface area contributed by atoms with Gasteiger partial charge in [0.25, 0.3) is 0 Å². The van der Waals surface area contributed by atoms with Gasteiger partial charge in [0.05, 0.1) is 6.61 Å². The van der Waals surface area contributed by atoms with E-state index in [1.807, 2.05) is 42.1 Å². The Morgan fingerprint density at radius 3 is 2.46 bits per heavy atom. The highest BCUT2D eigenvalue weighted by Gasteiger charge is 2.29. The molecule has 1 saturated heterocycles. The third-order valence-corrected chi connectivity index (χ3v) is 5.59. The Balaban J connectivity index is 2.04. The van der Waals surface area contributed by atoms with Crippen LogP contribution < -0.4 is 10.6 Å². The SMILES string of the molecule is CCOC(=O)N[C@H](CNC(=O)[C@H](c1ccccc1)N1CCSCC1)CC(C)C. The van der Waals surface area contributed by atoms with E-state index in [4.69, 9.17) is 4.74 Å². The molecule has 0 aromatic heterocycles. The van der Waals surface area contributed by atoms with Crippen molar-refractivity contribution in [3.8, 4) is 0 Å². The van der Waals surface area contributed by atoms with E-state index >= 15 is 0 Å². The molecule has 156 valence electrons. The Morgan fingerprint density at radius 2 is 1.86 bits per heavy atom. The first-order valence-electron chi connectivity index (χ1n) is 10.1. The summed E-state index contributed by atoms with van der Waals surface area (Å²) in [6.45, 7) is 8.49. The molecule has 0 aliphatic carbocycles. The van der Waals surface area contributed by atoms with Crippen molar-refractivity contribution in [2.24, 2.45) is 5.92 Å². The van der Waals surface area contributed by atoms with Crippen LogP contribution in [0, 0.1) is 5.92 Å². The predicted molar refractivity (Wildman–Crippen MR) is 114 cm³/mol. The van der Waals surface area contributed by atoms with Gasteiger partial charge in [-0.3, -0.25) is 9.69 Å². The summed E-state index contributed by atoms with van der Waals surface area (Å²) in [4.78, 5) is 27.2. The van der Waals surface area contributed by atoms with Crippen LogP contribution in [0.3, 0.4) is 0 Å². The summed E-state index contributed by atoms with van der Waals surface area (Å²) in [5.74, 6) is 2.46. The third kappa shape index (κ3) is 7.36. The molecule has 1 fully saturated rings. The van der Waals surface area contributed by atoms with Gasteiger partial charge in [0.1, 0.15) is 6.04 Å². The van der Waals surface area contributed by atoms with Crippen LogP contribution in [-0.2, 0) is 9.53 Å². The number of hydrogen-bond acceptors (Lipinski definition) is 5. The zero-order valence-electron chi connectivity index (χ0n) is 17.1. The maximum absolute atomic E-state index is 13.1. The van der Waals surface area contributed by atoms with Gasteiger partial charge >= 0.3 is 6.09 Å². The molecule has 28 heavy (non-hydrogen) atoms. The molecular weight excluding hydrogens is 374 g/mol. The molecule has 7 heteroatoms. The summed E-state index contributed by atoms with van der Waals surface area (Å²) in [5.41, 5.74) is 1.01. The molecule has 1 heterocycles. The van der Waals surface area contributed by atoms with Crippen LogP contribution >= 0.6 is 11.8 Å². The molecule has 0 unspecified atom stereocenters. The number of hydrogen-bond donors (Lipinski definition) is 2. The summed E-state index contributed by atoms with van der Waals surface area (Å²) in [5, 5.41) is 5.94. The van der Waals surface area contributed by atoms with E-state index in [1.54, 1.807) is 6.92 Å². The zero-order valence-corrected chi connectivity index (χ0v) is 18.0. The summed E-state index contributed by atoms with van der Waals surface area (Å²) >= 11 is 1.92. The average Bonchev–Trinajstić information content (AvgIpc) is 2.68. The van der Waals surface area contributed by atoms with Gasteiger partial charge in [0.15, 0.2) is 0 Å². The summed E-state index contributed by atoms with van der Waals surface area (Å²) in [7, 11) is 0. The minimum atomic E-state index is -0.435. The second kappa shape index (κ2) is 12.0. The normalized spacial score (nSPS) is 17.0. The van der Waals surface area contributed by atoms with Crippen molar-refractivity contribution in [2.45, 2.75) is 39.3 Å². The fraction of sp³-hybridized carbons (Fsp3) is 0.619. The number of nitrogens with one attached hydrogen (secondary N) is 2. The molecule has 1 aromatic carbocycles. The highest BCUT2D eigenvalue weighted by atomic mass is 32.2. The Labute approximate surface area is 172 Å². The summed E-state index contributed by atoms with van der Waals surface area (Å²) < 4.78 is 5.00. The summed E-state index contributed by atoms with van der Waals surface area (Å²) in [6, 6.07) is 9.46. The topological polar surface area (TPSA) is 70.7 Å². The van der Waals surface area contributed by atoms with Crippen molar-refractivity contribution in [1.29, 1.82) is 0 Å². The van der Waals surface area contributed by atoms with Crippen LogP contribution in [0.25, 0.3) is 0 Å². The summed E-state index contributed by atoms with van der Waals surface area (Å²) in [6.07, 6.45) is 0.338. The number of carbonyl (C=O) groups is 2. The van der Waals surface area contributed by atoms with Crippen molar-refractivity contribution in [3.63, 3.8) is 0 Å². The van der Waals surface area contributed by atoms with Gasteiger partial charge in [-0.25, -0.2) is 4.79 Å². The lowest BCUT2D eigenvalue weighted by atomic mass is 10.0. The minimum absolute atomic E-state index is 0.0162. The molecule has 2 amide bonds. The van der Waals surface area contributed by atoms with Crippen molar-refractivity contribution in [3.05, 3.63) is 35.9 Å². The number of thioether (sulfide) groups is 1. The first-order valence-corrected chi connectivity index (χ1v) is 11.2. The highest BCUT2D eigenvalue weighted by molar-refractivity contribution is 7.99. The number of ether oxygens (including phenoxy) is 1. The van der Waals surface area contributed by atoms with E-state index in [0.29, 0.717) is 19.1 Å². The van der Waals surface area contributed by atoms with E-state index in [1.165, 1.54) is 0 Å². The Hall–Kier alpha value is -1.73. The lowest BCUT2D eigenvalue weighted by molar-refractivity contribution is -0.126. The molecule has 0 saturated carbocycles. The maximum atomic E-state index is 13.1. The lowest BCUT2D eigenvalue weighted by Crippen LogP contribution is -2.49.